The average Bonchev–Trinajstić information content (AvgIpc) is 2.11. The standard InChI is InChI=1S/C13H25NO/c1-12(2)8-6-9-14(5)10-7-11-15-13(3)4/h12-13H,7,9-11H2,1-5H3. The maximum atomic E-state index is 5.47. The van der Waals surface area contributed by atoms with Gasteiger partial charge in [0.05, 0.1) is 12.6 Å². The molecule has 0 aliphatic carbocycles. The Kier molecular flexibility index (Phi) is 8.46. The Bertz CT molecular complexity index is 200. The van der Waals surface area contributed by atoms with E-state index in [4.69, 9.17) is 4.74 Å². The molecule has 0 saturated carbocycles. The minimum Gasteiger partial charge on any atom is -0.379 e. The van der Waals surface area contributed by atoms with E-state index in [1.807, 2.05) is 0 Å². The Morgan fingerprint density at radius 3 is 2.40 bits per heavy atom. The van der Waals surface area contributed by atoms with E-state index in [-0.39, 0.29) is 0 Å². The van der Waals surface area contributed by atoms with Gasteiger partial charge in [0, 0.05) is 19.1 Å². The molecule has 0 saturated heterocycles. The molecule has 88 valence electrons. The van der Waals surface area contributed by atoms with E-state index in [1.54, 1.807) is 0 Å². The Balaban J connectivity index is 3.42. The predicted octanol–water partition coefficient (Wildman–Crippen LogP) is 2.39. The number of ether oxygens (including phenoxy) is 1. The molecule has 0 aliphatic heterocycles. The van der Waals surface area contributed by atoms with E-state index >= 15 is 0 Å². The monoisotopic (exact) mass is 211 g/mol. The highest BCUT2D eigenvalue weighted by Crippen LogP contribution is 1.93. The molecule has 0 amide bonds. The van der Waals surface area contributed by atoms with Crippen LogP contribution < -0.4 is 0 Å². The van der Waals surface area contributed by atoms with Crippen molar-refractivity contribution in [3.8, 4) is 11.8 Å². The number of hydrogen-bond donors (Lipinski definition) is 0. The van der Waals surface area contributed by atoms with Gasteiger partial charge in [-0.15, -0.1) is 0 Å². The topological polar surface area (TPSA) is 12.5 Å². The summed E-state index contributed by atoms with van der Waals surface area (Å²) in [6.07, 6.45) is 1.42. The molecule has 0 atom stereocenters. The summed E-state index contributed by atoms with van der Waals surface area (Å²) in [6.45, 7) is 11.1. The summed E-state index contributed by atoms with van der Waals surface area (Å²) in [5.41, 5.74) is 0. The summed E-state index contributed by atoms with van der Waals surface area (Å²) in [5, 5.41) is 0. The second-order valence-corrected chi connectivity index (χ2v) is 4.49. The average molecular weight is 211 g/mol. The SMILES string of the molecule is CC(C)C#CCN(C)CCCOC(C)C. The molecule has 2 heteroatoms. The lowest BCUT2D eigenvalue weighted by atomic mass is 10.2. The molecule has 0 aromatic rings. The predicted molar refractivity (Wildman–Crippen MR) is 65.8 cm³/mol. The van der Waals surface area contributed by atoms with Crippen molar-refractivity contribution in [3.63, 3.8) is 0 Å². The number of hydrogen-bond acceptors (Lipinski definition) is 2. The Labute approximate surface area is 95.0 Å². The van der Waals surface area contributed by atoms with Crippen LogP contribution in [0.25, 0.3) is 0 Å². The van der Waals surface area contributed by atoms with Gasteiger partial charge in [-0.3, -0.25) is 4.90 Å². The van der Waals surface area contributed by atoms with Crippen molar-refractivity contribution in [3.05, 3.63) is 0 Å². The van der Waals surface area contributed by atoms with Crippen molar-refractivity contribution in [2.24, 2.45) is 5.92 Å². The first-order valence-electron chi connectivity index (χ1n) is 5.81. The van der Waals surface area contributed by atoms with Crippen LogP contribution in [0.3, 0.4) is 0 Å². The zero-order valence-electron chi connectivity index (χ0n) is 10.8. The maximum absolute atomic E-state index is 5.47. The van der Waals surface area contributed by atoms with Crippen LogP contribution in [0.1, 0.15) is 34.1 Å². The van der Waals surface area contributed by atoms with Crippen LogP contribution in [0.4, 0.5) is 0 Å². The highest BCUT2D eigenvalue weighted by molar-refractivity contribution is 5.02. The maximum Gasteiger partial charge on any atom is 0.0599 e. The van der Waals surface area contributed by atoms with Crippen LogP contribution in [0.2, 0.25) is 0 Å². The molecule has 0 rings (SSSR count). The first-order chi connectivity index (χ1) is 7.02. The molecule has 0 aliphatic rings. The molecule has 0 spiro atoms. The largest absolute Gasteiger partial charge is 0.379 e. The molecule has 0 unspecified atom stereocenters. The van der Waals surface area contributed by atoms with Crippen molar-refractivity contribution in [1.29, 1.82) is 0 Å². The highest BCUT2D eigenvalue weighted by atomic mass is 16.5. The van der Waals surface area contributed by atoms with Crippen LogP contribution in [0.5, 0.6) is 0 Å². The van der Waals surface area contributed by atoms with Crippen LogP contribution in [0, 0.1) is 17.8 Å². The lowest BCUT2D eigenvalue weighted by Gasteiger charge is -2.13. The normalized spacial score (nSPS) is 10.9. The summed E-state index contributed by atoms with van der Waals surface area (Å²) in [4.78, 5) is 2.24. The van der Waals surface area contributed by atoms with Gasteiger partial charge in [0.15, 0.2) is 0 Å². The van der Waals surface area contributed by atoms with E-state index in [0.29, 0.717) is 12.0 Å². The number of rotatable bonds is 6. The van der Waals surface area contributed by atoms with Crippen molar-refractivity contribution in [2.75, 3.05) is 26.7 Å². The smallest absolute Gasteiger partial charge is 0.0599 e. The van der Waals surface area contributed by atoms with Crippen LogP contribution in [-0.4, -0.2) is 37.7 Å². The fourth-order valence-corrected chi connectivity index (χ4v) is 1.12. The van der Waals surface area contributed by atoms with E-state index in [0.717, 1.165) is 26.1 Å². The minimum atomic E-state index is 0.344. The molecular weight excluding hydrogens is 186 g/mol. The zero-order chi connectivity index (χ0) is 11.7. The number of nitrogens with zero attached hydrogens (tertiary/aromatic N) is 1. The van der Waals surface area contributed by atoms with E-state index in [1.165, 1.54) is 0 Å². The molecule has 15 heavy (non-hydrogen) atoms. The minimum absolute atomic E-state index is 0.344. The Hall–Kier alpha value is -0.520. The van der Waals surface area contributed by atoms with Crippen molar-refractivity contribution < 1.29 is 4.74 Å². The quantitative estimate of drug-likeness (QED) is 0.494. The lowest BCUT2D eigenvalue weighted by Crippen LogP contribution is -2.21. The first-order valence-corrected chi connectivity index (χ1v) is 5.81. The van der Waals surface area contributed by atoms with Gasteiger partial charge in [-0.1, -0.05) is 25.7 Å². The van der Waals surface area contributed by atoms with Gasteiger partial charge >= 0.3 is 0 Å². The van der Waals surface area contributed by atoms with E-state index < -0.39 is 0 Å². The third kappa shape index (κ3) is 11.4. The molecule has 2 nitrogen and oxygen atoms in total. The summed E-state index contributed by atoms with van der Waals surface area (Å²) >= 11 is 0. The van der Waals surface area contributed by atoms with E-state index in [2.05, 4.69) is 51.5 Å². The summed E-state index contributed by atoms with van der Waals surface area (Å²) in [5.74, 6) is 6.81. The van der Waals surface area contributed by atoms with Gasteiger partial charge < -0.3 is 4.74 Å². The van der Waals surface area contributed by atoms with Gasteiger partial charge in [0.2, 0.25) is 0 Å². The van der Waals surface area contributed by atoms with Crippen molar-refractivity contribution in [2.45, 2.75) is 40.2 Å². The summed E-state index contributed by atoms with van der Waals surface area (Å²) in [6, 6.07) is 0. The Morgan fingerprint density at radius 1 is 1.20 bits per heavy atom. The van der Waals surface area contributed by atoms with Gasteiger partial charge in [0.1, 0.15) is 0 Å². The zero-order valence-corrected chi connectivity index (χ0v) is 10.8. The van der Waals surface area contributed by atoms with Crippen molar-refractivity contribution >= 4 is 0 Å². The molecule has 0 heterocycles. The van der Waals surface area contributed by atoms with Crippen molar-refractivity contribution in [1.82, 2.24) is 4.90 Å². The first kappa shape index (κ1) is 14.5. The molecular formula is C13H25NO. The van der Waals surface area contributed by atoms with Gasteiger partial charge in [-0.2, -0.15) is 0 Å². The molecule has 0 radical (unpaired) electrons. The van der Waals surface area contributed by atoms with Crippen LogP contribution >= 0.6 is 0 Å². The summed E-state index contributed by atoms with van der Waals surface area (Å²) in [7, 11) is 2.10. The molecule has 0 aromatic carbocycles. The van der Waals surface area contributed by atoms with E-state index in [9.17, 15) is 0 Å². The molecule has 0 fully saturated rings. The summed E-state index contributed by atoms with van der Waals surface area (Å²) < 4.78 is 5.47. The lowest BCUT2D eigenvalue weighted by molar-refractivity contribution is 0.0728. The molecule has 0 aromatic heterocycles. The third-order valence-electron chi connectivity index (χ3n) is 1.88. The second kappa shape index (κ2) is 8.76. The fourth-order valence-electron chi connectivity index (χ4n) is 1.12. The van der Waals surface area contributed by atoms with Gasteiger partial charge in [-0.05, 0) is 27.3 Å². The van der Waals surface area contributed by atoms with Crippen LogP contribution in [-0.2, 0) is 4.74 Å². The second-order valence-electron chi connectivity index (χ2n) is 4.49. The Morgan fingerprint density at radius 2 is 1.87 bits per heavy atom. The molecule has 0 N–H and O–H groups in total. The van der Waals surface area contributed by atoms with Crippen LogP contribution in [0.15, 0.2) is 0 Å². The van der Waals surface area contributed by atoms with Gasteiger partial charge in [-0.25, -0.2) is 0 Å². The fraction of sp³-hybridized carbons (Fsp3) is 0.846. The third-order valence-corrected chi connectivity index (χ3v) is 1.88. The van der Waals surface area contributed by atoms with Gasteiger partial charge in [0.25, 0.3) is 0 Å². The highest BCUT2D eigenvalue weighted by Gasteiger charge is 1.97. The molecule has 0 bridgehead atoms.